The highest BCUT2D eigenvalue weighted by atomic mass is 16.5. The Labute approximate surface area is 216 Å². The van der Waals surface area contributed by atoms with Crippen LogP contribution in [0.3, 0.4) is 0 Å². The summed E-state index contributed by atoms with van der Waals surface area (Å²) >= 11 is 0. The Kier molecular flexibility index (Phi) is 9.29. The molecule has 0 bridgehead atoms. The summed E-state index contributed by atoms with van der Waals surface area (Å²) in [6, 6.07) is 5.61. The number of carbonyl (C=O) groups is 2. The highest BCUT2D eigenvalue weighted by Gasteiger charge is 2.30. The van der Waals surface area contributed by atoms with Crippen molar-refractivity contribution in [1.29, 1.82) is 0 Å². The van der Waals surface area contributed by atoms with Gasteiger partial charge in [-0.05, 0) is 56.6 Å². The number of fused-ring (bicyclic) bond motifs is 1. The van der Waals surface area contributed by atoms with Gasteiger partial charge in [0.25, 0.3) is 5.91 Å². The number of benzene rings is 1. The number of carbonyl (C=O) groups excluding carboxylic acids is 2. The van der Waals surface area contributed by atoms with Crippen LogP contribution >= 0.6 is 0 Å². The first kappa shape index (κ1) is 26.9. The molecule has 1 aromatic rings. The van der Waals surface area contributed by atoms with Gasteiger partial charge in [0.05, 0.1) is 11.7 Å². The van der Waals surface area contributed by atoms with Crippen molar-refractivity contribution in [1.82, 2.24) is 9.80 Å². The molecule has 1 aliphatic heterocycles. The van der Waals surface area contributed by atoms with Crippen LogP contribution in [0.4, 0.5) is 5.69 Å². The van der Waals surface area contributed by atoms with E-state index in [9.17, 15) is 9.59 Å². The Morgan fingerprint density at radius 2 is 1.83 bits per heavy atom. The van der Waals surface area contributed by atoms with Gasteiger partial charge in [0.2, 0.25) is 5.91 Å². The maximum atomic E-state index is 13.4. The summed E-state index contributed by atoms with van der Waals surface area (Å²) in [6.45, 7) is 7.43. The topological polar surface area (TPSA) is 71.1 Å². The van der Waals surface area contributed by atoms with E-state index in [0.717, 1.165) is 38.3 Å². The van der Waals surface area contributed by atoms with Crippen molar-refractivity contribution in [3.63, 3.8) is 0 Å². The first-order valence-electron chi connectivity index (χ1n) is 14.0. The minimum absolute atomic E-state index is 0.0511. The summed E-state index contributed by atoms with van der Waals surface area (Å²) in [6.07, 6.45) is 9.58. The number of nitrogens with one attached hydrogen (secondary N) is 1. The van der Waals surface area contributed by atoms with Gasteiger partial charge < -0.3 is 19.7 Å². The second kappa shape index (κ2) is 12.4. The lowest BCUT2D eigenvalue weighted by Crippen LogP contribution is -2.48. The molecule has 0 radical (unpaired) electrons. The van der Waals surface area contributed by atoms with Gasteiger partial charge in [-0.3, -0.25) is 14.5 Å². The molecule has 36 heavy (non-hydrogen) atoms. The monoisotopic (exact) mass is 499 g/mol. The fourth-order valence-corrected chi connectivity index (χ4v) is 5.80. The number of hydrogen-bond donors (Lipinski definition) is 1. The third kappa shape index (κ3) is 6.60. The first-order chi connectivity index (χ1) is 17.4. The summed E-state index contributed by atoms with van der Waals surface area (Å²) in [5, 5.41) is 3.03. The third-order valence-electron chi connectivity index (χ3n) is 8.54. The molecule has 2 aliphatic carbocycles. The van der Waals surface area contributed by atoms with E-state index in [1.807, 2.05) is 19.2 Å². The van der Waals surface area contributed by atoms with Crippen molar-refractivity contribution in [2.75, 3.05) is 45.7 Å². The number of hydrogen-bond acceptors (Lipinski definition) is 5. The molecule has 2 amide bonds. The summed E-state index contributed by atoms with van der Waals surface area (Å²) in [4.78, 5) is 30.2. The molecule has 1 heterocycles. The minimum atomic E-state index is -0.0941. The average molecular weight is 500 g/mol. The predicted octanol–water partition coefficient (Wildman–Crippen LogP) is 4.81. The lowest BCUT2D eigenvalue weighted by atomic mass is 9.85. The summed E-state index contributed by atoms with van der Waals surface area (Å²) in [7, 11) is 3.57. The van der Waals surface area contributed by atoms with Gasteiger partial charge in [0, 0.05) is 57.5 Å². The molecule has 0 spiro atoms. The van der Waals surface area contributed by atoms with Gasteiger partial charge in [-0.1, -0.05) is 32.6 Å². The van der Waals surface area contributed by atoms with Crippen molar-refractivity contribution < 1.29 is 19.1 Å². The van der Waals surface area contributed by atoms with Gasteiger partial charge in [-0.15, -0.1) is 0 Å². The van der Waals surface area contributed by atoms with E-state index >= 15 is 0 Å². The third-order valence-corrected chi connectivity index (χ3v) is 8.54. The molecular weight excluding hydrogens is 454 g/mol. The maximum absolute atomic E-state index is 13.4. The van der Waals surface area contributed by atoms with Crippen molar-refractivity contribution in [3.05, 3.63) is 23.8 Å². The van der Waals surface area contributed by atoms with E-state index in [2.05, 4.69) is 24.1 Å². The molecule has 0 aromatic heterocycles. The quantitative estimate of drug-likeness (QED) is 0.630. The van der Waals surface area contributed by atoms with Gasteiger partial charge in [-0.2, -0.15) is 0 Å². The molecule has 7 heteroatoms. The van der Waals surface area contributed by atoms with Crippen LogP contribution in [0.15, 0.2) is 18.2 Å². The molecule has 200 valence electrons. The van der Waals surface area contributed by atoms with E-state index in [1.165, 1.54) is 32.1 Å². The average Bonchev–Trinajstić information content (AvgIpc) is 2.83. The van der Waals surface area contributed by atoms with Crippen LogP contribution in [0.1, 0.15) is 75.6 Å². The Hall–Kier alpha value is -2.12. The molecule has 3 aliphatic rings. The summed E-state index contributed by atoms with van der Waals surface area (Å²) < 4.78 is 12.2. The van der Waals surface area contributed by atoms with E-state index in [0.29, 0.717) is 30.2 Å². The zero-order valence-electron chi connectivity index (χ0n) is 22.6. The van der Waals surface area contributed by atoms with Crippen molar-refractivity contribution >= 4 is 17.5 Å². The fraction of sp³-hybridized carbons (Fsp3) is 0.724. The molecule has 3 atom stereocenters. The summed E-state index contributed by atoms with van der Waals surface area (Å²) in [5.41, 5.74) is 1.21. The van der Waals surface area contributed by atoms with Gasteiger partial charge >= 0.3 is 0 Å². The second-order valence-corrected chi connectivity index (χ2v) is 11.4. The smallest absolute Gasteiger partial charge is 0.257 e. The maximum Gasteiger partial charge on any atom is 0.257 e. The molecule has 1 aromatic carbocycles. The molecule has 7 nitrogen and oxygen atoms in total. The SMILES string of the molecule is CO[C@H]1CN(C)C(=O)c2ccc(NC(=O)C3CCC3)cc2OC[C@@H](C)N(CC2CCCCC2)C[C@H]1C. The van der Waals surface area contributed by atoms with Crippen molar-refractivity contribution in [2.24, 2.45) is 17.8 Å². The van der Waals surface area contributed by atoms with Crippen LogP contribution in [-0.2, 0) is 9.53 Å². The predicted molar refractivity (Wildman–Crippen MR) is 142 cm³/mol. The molecule has 2 fully saturated rings. The molecule has 0 saturated heterocycles. The number of rotatable bonds is 5. The number of anilines is 1. The first-order valence-corrected chi connectivity index (χ1v) is 14.0. The van der Waals surface area contributed by atoms with Crippen molar-refractivity contribution in [2.45, 2.75) is 77.4 Å². The number of amides is 2. The van der Waals surface area contributed by atoms with Gasteiger partial charge in [0.1, 0.15) is 12.4 Å². The van der Waals surface area contributed by atoms with Gasteiger partial charge in [0.15, 0.2) is 0 Å². The van der Waals surface area contributed by atoms with Gasteiger partial charge in [-0.25, -0.2) is 0 Å². The highest BCUT2D eigenvalue weighted by Crippen LogP contribution is 2.31. The minimum Gasteiger partial charge on any atom is -0.491 e. The fourth-order valence-electron chi connectivity index (χ4n) is 5.80. The Balaban J connectivity index is 1.57. The molecular formula is C29H45N3O4. The number of methoxy groups -OCH3 is 1. The van der Waals surface area contributed by atoms with Crippen molar-refractivity contribution in [3.8, 4) is 5.75 Å². The number of nitrogens with zero attached hydrogens (tertiary/aromatic N) is 2. The number of likely N-dealkylation sites (N-methyl/N-ethyl adjacent to an activating group) is 1. The zero-order chi connectivity index (χ0) is 25.7. The largest absolute Gasteiger partial charge is 0.491 e. The molecule has 2 saturated carbocycles. The molecule has 4 rings (SSSR count). The highest BCUT2D eigenvalue weighted by molar-refractivity contribution is 5.99. The lowest BCUT2D eigenvalue weighted by molar-refractivity contribution is -0.122. The van der Waals surface area contributed by atoms with Crippen LogP contribution in [0.2, 0.25) is 0 Å². The zero-order valence-corrected chi connectivity index (χ0v) is 22.6. The van der Waals surface area contributed by atoms with Crippen LogP contribution in [0.5, 0.6) is 5.75 Å². The number of ether oxygens (including phenoxy) is 2. The lowest BCUT2D eigenvalue weighted by Gasteiger charge is -2.38. The normalized spacial score (nSPS) is 27.3. The van der Waals surface area contributed by atoms with E-state index in [1.54, 1.807) is 18.1 Å². The second-order valence-electron chi connectivity index (χ2n) is 11.4. The van der Waals surface area contributed by atoms with Crippen LogP contribution in [0.25, 0.3) is 0 Å². The van der Waals surface area contributed by atoms with E-state index in [4.69, 9.17) is 9.47 Å². The standard InChI is InChI=1S/C29H45N3O4/c1-20-16-32(17-22-9-6-5-7-10-22)21(2)19-36-26-15-24(30-28(33)23-11-8-12-23)13-14-25(26)29(34)31(3)18-27(20)35-4/h13-15,20-23,27H,5-12,16-19H2,1-4H3,(H,30,33)/t20-,21-,27+/m1/s1. The Bertz CT molecular complexity index is 897. The van der Waals surface area contributed by atoms with E-state index in [-0.39, 0.29) is 35.8 Å². The Morgan fingerprint density at radius 3 is 2.50 bits per heavy atom. The molecule has 0 unspecified atom stereocenters. The van der Waals surface area contributed by atoms with E-state index < -0.39 is 0 Å². The summed E-state index contributed by atoms with van der Waals surface area (Å²) in [5.74, 6) is 1.60. The van der Waals surface area contributed by atoms with Crippen LogP contribution < -0.4 is 10.1 Å². The van der Waals surface area contributed by atoms with Crippen LogP contribution in [0, 0.1) is 17.8 Å². The Morgan fingerprint density at radius 1 is 1.08 bits per heavy atom. The molecule has 1 N–H and O–H groups in total. The van der Waals surface area contributed by atoms with Crippen LogP contribution in [-0.4, -0.2) is 74.2 Å².